The fraction of sp³-hybridized carbons (Fsp3) is 0.286. The molecular weight excluding hydrogens is 345 g/mol. The molecule has 0 saturated carbocycles. The zero-order valence-electron chi connectivity index (χ0n) is 15.6. The van der Waals surface area contributed by atoms with Crippen molar-refractivity contribution in [3.05, 3.63) is 65.8 Å². The smallest absolute Gasteiger partial charge is 0.250 e. The number of amides is 1. The van der Waals surface area contributed by atoms with E-state index in [4.69, 9.17) is 4.42 Å². The van der Waals surface area contributed by atoms with Crippen molar-refractivity contribution in [1.29, 1.82) is 0 Å². The fourth-order valence-electron chi connectivity index (χ4n) is 2.78. The van der Waals surface area contributed by atoms with Gasteiger partial charge >= 0.3 is 0 Å². The monoisotopic (exact) mass is 367 g/mol. The molecule has 0 saturated heterocycles. The third-order valence-corrected chi connectivity index (χ3v) is 4.15. The number of nitrogens with one attached hydrogen (secondary N) is 1. The van der Waals surface area contributed by atoms with E-state index >= 15 is 0 Å². The highest BCUT2D eigenvalue weighted by molar-refractivity contribution is 5.91. The first-order chi connectivity index (χ1) is 12.8. The fourth-order valence-corrected chi connectivity index (χ4v) is 2.78. The summed E-state index contributed by atoms with van der Waals surface area (Å²) < 4.78 is 19.3. The van der Waals surface area contributed by atoms with Crippen LogP contribution in [0.4, 0.5) is 10.1 Å². The maximum Gasteiger partial charge on any atom is 0.250 e. The van der Waals surface area contributed by atoms with E-state index in [9.17, 15) is 9.18 Å². The van der Waals surface area contributed by atoms with Crippen molar-refractivity contribution in [2.24, 2.45) is 0 Å². The highest BCUT2D eigenvalue weighted by atomic mass is 19.1. The van der Waals surface area contributed by atoms with Crippen LogP contribution in [0, 0.1) is 5.82 Å². The van der Waals surface area contributed by atoms with Gasteiger partial charge in [-0.05, 0) is 29.2 Å². The van der Waals surface area contributed by atoms with E-state index in [2.05, 4.69) is 36.3 Å². The minimum absolute atomic E-state index is 0.0784. The SMILES string of the molecule is CC(C)(C)c1ccccc1NC(=O)CCc1nnc(-c2ccccc2F)o1. The minimum atomic E-state index is -0.427. The molecule has 6 heteroatoms. The molecule has 1 heterocycles. The molecule has 0 radical (unpaired) electrons. The van der Waals surface area contributed by atoms with Gasteiger partial charge in [-0.3, -0.25) is 4.79 Å². The lowest BCUT2D eigenvalue weighted by Crippen LogP contribution is -2.18. The maximum absolute atomic E-state index is 13.8. The predicted octanol–water partition coefficient (Wildman–Crippen LogP) is 4.74. The molecule has 0 aliphatic heterocycles. The second-order valence-corrected chi connectivity index (χ2v) is 7.32. The number of halogens is 1. The van der Waals surface area contributed by atoms with Crippen molar-refractivity contribution in [2.45, 2.75) is 39.0 Å². The van der Waals surface area contributed by atoms with E-state index in [0.717, 1.165) is 11.3 Å². The standard InChI is InChI=1S/C21H22FN3O2/c1-21(2,3)15-9-5-7-11-17(15)23-18(26)12-13-19-24-25-20(27-19)14-8-4-6-10-16(14)22/h4-11H,12-13H2,1-3H3,(H,23,26). The lowest BCUT2D eigenvalue weighted by atomic mass is 9.86. The summed E-state index contributed by atoms with van der Waals surface area (Å²) in [4.78, 5) is 12.3. The molecule has 0 fully saturated rings. The van der Waals surface area contributed by atoms with Crippen molar-refractivity contribution in [3.8, 4) is 11.5 Å². The number of para-hydroxylation sites is 1. The molecule has 3 aromatic rings. The Hall–Kier alpha value is -3.02. The van der Waals surface area contributed by atoms with Gasteiger partial charge in [-0.25, -0.2) is 4.39 Å². The van der Waals surface area contributed by atoms with Crippen LogP contribution in [-0.2, 0) is 16.6 Å². The summed E-state index contributed by atoms with van der Waals surface area (Å²) in [7, 11) is 0. The summed E-state index contributed by atoms with van der Waals surface area (Å²) in [5.41, 5.74) is 2.04. The molecule has 2 aromatic carbocycles. The number of benzene rings is 2. The number of hydrogen-bond acceptors (Lipinski definition) is 4. The van der Waals surface area contributed by atoms with E-state index in [0.29, 0.717) is 5.89 Å². The Morgan fingerprint density at radius 1 is 1.07 bits per heavy atom. The Morgan fingerprint density at radius 3 is 2.52 bits per heavy atom. The van der Waals surface area contributed by atoms with Crippen LogP contribution < -0.4 is 5.32 Å². The van der Waals surface area contributed by atoms with Gasteiger partial charge in [0.2, 0.25) is 11.8 Å². The molecule has 0 aliphatic rings. The van der Waals surface area contributed by atoms with Gasteiger partial charge in [0.1, 0.15) is 5.82 Å². The molecule has 1 amide bonds. The third kappa shape index (κ3) is 4.58. The summed E-state index contributed by atoms with van der Waals surface area (Å²) in [6, 6.07) is 13.9. The van der Waals surface area contributed by atoms with Gasteiger partial charge in [-0.15, -0.1) is 10.2 Å². The van der Waals surface area contributed by atoms with Gasteiger partial charge < -0.3 is 9.73 Å². The normalized spacial score (nSPS) is 11.4. The molecule has 0 aliphatic carbocycles. The molecule has 1 aromatic heterocycles. The highest BCUT2D eigenvalue weighted by Crippen LogP contribution is 2.29. The van der Waals surface area contributed by atoms with E-state index < -0.39 is 5.82 Å². The second-order valence-electron chi connectivity index (χ2n) is 7.32. The molecule has 0 spiro atoms. The number of hydrogen-bond donors (Lipinski definition) is 1. The van der Waals surface area contributed by atoms with Gasteiger partial charge in [-0.2, -0.15) is 0 Å². The number of aromatic nitrogens is 2. The summed E-state index contributed by atoms with van der Waals surface area (Å²) >= 11 is 0. The van der Waals surface area contributed by atoms with E-state index in [1.807, 2.05) is 24.3 Å². The Morgan fingerprint density at radius 2 is 1.78 bits per heavy atom. The predicted molar refractivity (Wildman–Crippen MR) is 102 cm³/mol. The molecule has 0 unspecified atom stereocenters. The van der Waals surface area contributed by atoms with Gasteiger partial charge in [0.25, 0.3) is 5.89 Å². The van der Waals surface area contributed by atoms with Gasteiger partial charge in [0, 0.05) is 18.5 Å². The third-order valence-electron chi connectivity index (χ3n) is 4.15. The number of aryl methyl sites for hydroxylation is 1. The maximum atomic E-state index is 13.8. The Kier molecular flexibility index (Phi) is 5.35. The van der Waals surface area contributed by atoms with Crippen LogP contribution in [0.15, 0.2) is 52.9 Å². The van der Waals surface area contributed by atoms with Crippen LogP contribution in [0.3, 0.4) is 0 Å². The molecule has 1 N–H and O–H groups in total. The first kappa shape index (κ1) is 18.8. The van der Waals surface area contributed by atoms with Crippen LogP contribution in [0.25, 0.3) is 11.5 Å². The van der Waals surface area contributed by atoms with Gasteiger partial charge in [0.05, 0.1) is 5.56 Å². The zero-order chi connectivity index (χ0) is 19.4. The molecule has 3 rings (SSSR count). The molecule has 27 heavy (non-hydrogen) atoms. The first-order valence-electron chi connectivity index (χ1n) is 8.81. The van der Waals surface area contributed by atoms with Crippen LogP contribution >= 0.6 is 0 Å². The lowest BCUT2D eigenvalue weighted by Gasteiger charge is -2.22. The average Bonchev–Trinajstić information content (AvgIpc) is 3.09. The molecule has 0 bridgehead atoms. The number of carbonyl (C=O) groups excluding carboxylic acids is 1. The second kappa shape index (κ2) is 7.70. The van der Waals surface area contributed by atoms with E-state index in [1.54, 1.807) is 18.2 Å². The number of nitrogens with zero attached hydrogens (tertiary/aromatic N) is 2. The molecule has 140 valence electrons. The summed E-state index contributed by atoms with van der Waals surface area (Å²) in [6.45, 7) is 6.29. The van der Waals surface area contributed by atoms with Crippen LogP contribution in [0.1, 0.15) is 38.6 Å². The number of rotatable bonds is 5. The van der Waals surface area contributed by atoms with Crippen molar-refractivity contribution in [2.75, 3.05) is 5.32 Å². The average molecular weight is 367 g/mol. The van der Waals surface area contributed by atoms with Crippen molar-refractivity contribution >= 4 is 11.6 Å². The quantitative estimate of drug-likeness (QED) is 0.707. The van der Waals surface area contributed by atoms with E-state index in [1.165, 1.54) is 6.07 Å². The first-order valence-corrected chi connectivity index (χ1v) is 8.81. The van der Waals surface area contributed by atoms with Crippen LogP contribution in [0.2, 0.25) is 0 Å². The lowest BCUT2D eigenvalue weighted by molar-refractivity contribution is -0.116. The van der Waals surface area contributed by atoms with Crippen LogP contribution in [-0.4, -0.2) is 16.1 Å². The summed E-state index contributed by atoms with van der Waals surface area (Å²) in [5, 5.41) is 10.7. The van der Waals surface area contributed by atoms with Crippen molar-refractivity contribution in [1.82, 2.24) is 10.2 Å². The van der Waals surface area contributed by atoms with Gasteiger partial charge in [-0.1, -0.05) is 51.1 Å². The summed E-state index contributed by atoms with van der Waals surface area (Å²) in [5.74, 6) is -0.157. The molecule has 0 atom stereocenters. The molecular formula is C21H22FN3O2. The topological polar surface area (TPSA) is 68.0 Å². The number of carbonyl (C=O) groups is 1. The Balaban J connectivity index is 1.64. The van der Waals surface area contributed by atoms with Crippen molar-refractivity contribution < 1.29 is 13.6 Å². The summed E-state index contributed by atoms with van der Waals surface area (Å²) in [6.07, 6.45) is 0.475. The zero-order valence-corrected chi connectivity index (χ0v) is 15.6. The highest BCUT2D eigenvalue weighted by Gasteiger charge is 2.19. The van der Waals surface area contributed by atoms with E-state index in [-0.39, 0.29) is 35.6 Å². The number of anilines is 1. The van der Waals surface area contributed by atoms with Gasteiger partial charge in [0.15, 0.2) is 0 Å². The Bertz CT molecular complexity index is 944. The Labute approximate surface area is 157 Å². The minimum Gasteiger partial charge on any atom is -0.421 e. The molecule has 5 nitrogen and oxygen atoms in total. The van der Waals surface area contributed by atoms with Crippen LogP contribution in [0.5, 0.6) is 0 Å². The van der Waals surface area contributed by atoms with Crippen molar-refractivity contribution in [3.63, 3.8) is 0 Å². The largest absolute Gasteiger partial charge is 0.421 e.